The Bertz CT molecular complexity index is 646. The number of aryl methyl sites for hydroxylation is 1. The van der Waals surface area contributed by atoms with Crippen molar-refractivity contribution in [1.29, 1.82) is 0 Å². The van der Waals surface area contributed by atoms with Gasteiger partial charge in [-0.15, -0.1) is 0 Å². The molecule has 2 aromatic rings. The zero-order valence-corrected chi connectivity index (χ0v) is 13.8. The molecule has 3 nitrogen and oxygen atoms in total. The third kappa shape index (κ3) is 3.67. The van der Waals surface area contributed by atoms with E-state index in [2.05, 4.69) is 21.2 Å². The van der Waals surface area contributed by atoms with Crippen molar-refractivity contribution in [1.82, 2.24) is 0 Å². The largest absolute Gasteiger partial charge is 0.493 e. The molecular formula is C16H17BrFNO2. The fourth-order valence-electron chi connectivity index (χ4n) is 1.93. The summed E-state index contributed by atoms with van der Waals surface area (Å²) >= 11 is 3.50. The second kappa shape index (κ2) is 6.80. The van der Waals surface area contributed by atoms with Gasteiger partial charge in [0.15, 0.2) is 11.5 Å². The number of ether oxygens (including phenoxy) is 2. The second-order valence-corrected chi connectivity index (χ2v) is 5.47. The molecule has 0 saturated heterocycles. The van der Waals surface area contributed by atoms with Gasteiger partial charge >= 0.3 is 0 Å². The third-order valence-corrected chi connectivity index (χ3v) is 3.95. The summed E-state index contributed by atoms with van der Waals surface area (Å²) in [5.41, 5.74) is 2.36. The summed E-state index contributed by atoms with van der Waals surface area (Å²) in [5.74, 6) is 1.11. The van der Waals surface area contributed by atoms with Gasteiger partial charge in [0.1, 0.15) is 5.82 Å². The average molecular weight is 354 g/mol. The number of nitrogens with one attached hydrogen (secondary N) is 1. The van der Waals surface area contributed by atoms with E-state index in [-0.39, 0.29) is 5.82 Å². The van der Waals surface area contributed by atoms with Crippen LogP contribution in [0.3, 0.4) is 0 Å². The lowest BCUT2D eigenvalue weighted by atomic mass is 10.1. The van der Waals surface area contributed by atoms with Crippen LogP contribution in [-0.2, 0) is 6.54 Å². The van der Waals surface area contributed by atoms with E-state index in [1.54, 1.807) is 27.2 Å². The first-order valence-electron chi connectivity index (χ1n) is 6.45. The van der Waals surface area contributed by atoms with Crippen LogP contribution < -0.4 is 14.8 Å². The second-order valence-electron chi connectivity index (χ2n) is 4.62. The number of rotatable bonds is 5. The van der Waals surface area contributed by atoms with Crippen LogP contribution in [0.5, 0.6) is 11.5 Å². The monoisotopic (exact) mass is 353 g/mol. The summed E-state index contributed by atoms with van der Waals surface area (Å²) < 4.78 is 24.9. The molecule has 0 saturated carbocycles. The molecule has 112 valence electrons. The summed E-state index contributed by atoms with van der Waals surface area (Å²) in [6.07, 6.45) is 0. The van der Waals surface area contributed by atoms with Gasteiger partial charge in [-0.05, 0) is 42.3 Å². The standard InChI is InChI=1S/C16H17BrFNO2/c1-10-4-5-12(7-14(10)18)19-9-11-6-15(20-2)16(21-3)8-13(11)17/h4-8,19H,9H2,1-3H3. The van der Waals surface area contributed by atoms with E-state index in [4.69, 9.17) is 9.47 Å². The molecule has 0 unspecified atom stereocenters. The van der Waals surface area contributed by atoms with E-state index < -0.39 is 0 Å². The van der Waals surface area contributed by atoms with Crippen molar-refractivity contribution in [2.24, 2.45) is 0 Å². The molecule has 0 aromatic heterocycles. The van der Waals surface area contributed by atoms with Crippen molar-refractivity contribution in [3.8, 4) is 11.5 Å². The quantitative estimate of drug-likeness (QED) is 0.856. The van der Waals surface area contributed by atoms with E-state index >= 15 is 0 Å². The van der Waals surface area contributed by atoms with Crippen molar-refractivity contribution >= 4 is 21.6 Å². The lowest BCUT2D eigenvalue weighted by Gasteiger charge is -2.13. The maximum absolute atomic E-state index is 13.5. The predicted octanol–water partition coefficient (Wildman–Crippen LogP) is 4.53. The Kier molecular flexibility index (Phi) is 5.07. The molecule has 0 bridgehead atoms. The van der Waals surface area contributed by atoms with E-state index in [1.165, 1.54) is 6.07 Å². The molecule has 0 aliphatic carbocycles. The molecule has 0 atom stereocenters. The first-order valence-corrected chi connectivity index (χ1v) is 7.25. The van der Waals surface area contributed by atoms with Gasteiger partial charge in [0.25, 0.3) is 0 Å². The molecule has 21 heavy (non-hydrogen) atoms. The Morgan fingerprint density at radius 2 is 1.76 bits per heavy atom. The van der Waals surface area contributed by atoms with Crippen molar-refractivity contribution in [2.75, 3.05) is 19.5 Å². The maximum Gasteiger partial charge on any atom is 0.161 e. The number of halogens is 2. The predicted molar refractivity (Wildman–Crippen MR) is 85.7 cm³/mol. The van der Waals surface area contributed by atoms with Crippen LogP contribution in [0.1, 0.15) is 11.1 Å². The summed E-state index contributed by atoms with van der Waals surface area (Å²) in [5, 5.41) is 3.19. The lowest BCUT2D eigenvalue weighted by molar-refractivity contribution is 0.354. The van der Waals surface area contributed by atoms with Gasteiger partial charge in [-0.1, -0.05) is 22.0 Å². The zero-order valence-electron chi connectivity index (χ0n) is 12.2. The minimum absolute atomic E-state index is 0.216. The molecule has 2 aromatic carbocycles. The van der Waals surface area contributed by atoms with Gasteiger partial charge in [0.05, 0.1) is 14.2 Å². The Labute approximate surface area is 132 Å². The van der Waals surface area contributed by atoms with Gasteiger partial charge in [-0.3, -0.25) is 0 Å². The number of benzene rings is 2. The van der Waals surface area contributed by atoms with Crippen molar-refractivity contribution < 1.29 is 13.9 Å². The Morgan fingerprint density at radius 1 is 1.10 bits per heavy atom. The van der Waals surface area contributed by atoms with E-state index in [0.717, 1.165) is 15.7 Å². The van der Waals surface area contributed by atoms with Crippen molar-refractivity contribution in [3.63, 3.8) is 0 Å². The maximum atomic E-state index is 13.5. The van der Waals surface area contributed by atoms with Crippen LogP contribution >= 0.6 is 15.9 Å². The number of hydrogen-bond donors (Lipinski definition) is 1. The number of hydrogen-bond acceptors (Lipinski definition) is 3. The molecule has 0 amide bonds. The summed E-state index contributed by atoms with van der Waals surface area (Å²) in [7, 11) is 3.19. The van der Waals surface area contributed by atoms with Gasteiger partial charge < -0.3 is 14.8 Å². The minimum atomic E-state index is -0.216. The average Bonchev–Trinajstić information content (AvgIpc) is 2.49. The first kappa shape index (κ1) is 15.6. The van der Waals surface area contributed by atoms with Gasteiger partial charge in [0.2, 0.25) is 0 Å². The Morgan fingerprint density at radius 3 is 2.38 bits per heavy atom. The van der Waals surface area contributed by atoms with Crippen molar-refractivity contribution in [3.05, 3.63) is 51.7 Å². The molecule has 0 radical (unpaired) electrons. The van der Waals surface area contributed by atoms with Crippen LogP contribution in [0.4, 0.5) is 10.1 Å². The van der Waals surface area contributed by atoms with Crippen molar-refractivity contribution in [2.45, 2.75) is 13.5 Å². The first-order chi connectivity index (χ1) is 10.0. The molecule has 1 N–H and O–H groups in total. The number of methoxy groups -OCH3 is 2. The third-order valence-electron chi connectivity index (χ3n) is 3.21. The normalized spacial score (nSPS) is 10.3. The SMILES string of the molecule is COc1cc(Br)c(CNc2ccc(C)c(F)c2)cc1OC. The fraction of sp³-hybridized carbons (Fsp3) is 0.250. The highest BCUT2D eigenvalue weighted by atomic mass is 79.9. The molecule has 0 spiro atoms. The molecule has 0 aliphatic rings. The van der Waals surface area contributed by atoms with Crippen LogP contribution in [0, 0.1) is 12.7 Å². The summed E-state index contributed by atoms with van der Waals surface area (Å²) in [4.78, 5) is 0. The molecule has 0 heterocycles. The van der Waals surface area contributed by atoms with Crippen LogP contribution in [0.25, 0.3) is 0 Å². The zero-order chi connectivity index (χ0) is 15.4. The van der Waals surface area contributed by atoms with Gasteiger partial charge in [-0.25, -0.2) is 4.39 Å². The van der Waals surface area contributed by atoms with Gasteiger partial charge in [0, 0.05) is 16.7 Å². The minimum Gasteiger partial charge on any atom is -0.493 e. The number of anilines is 1. The highest BCUT2D eigenvalue weighted by Gasteiger charge is 2.09. The topological polar surface area (TPSA) is 30.5 Å². The highest BCUT2D eigenvalue weighted by molar-refractivity contribution is 9.10. The molecule has 5 heteroatoms. The van der Waals surface area contributed by atoms with E-state index in [1.807, 2.05) is 18.2 Å². The van der Waals surface area contributed by atoms with Crippen LogP contribution in [-0.4, -0.2) is 14.2 Å². The Balaban J connectivity index is 2.17. The lowest BCUT2D eigenvalue weighted by Crippen LogP contribution is -2.02. The Hall–Kier alpha value is -1.75. The van der Waals surface area contributed by atoms with E-state index in [0.29, 0.717) is 23.6 Å². The smallest absolute Gasteiger partial charge is 0.161 e. The molecule has 0 aliphatic heterocycles. The highest BCUT2D eigenvalue weighted by Crippen LogP contribution is 2.33. The van der Waals surface area contributed by atoms with Crippen LogP contribution in [0.2, 0.25) is 0 Å². The molecular weight excluding hydrogens is 337 g/mol. The molecule has 2 rings (SSSR count). The van der Waals surface area contributed by atoms with Crippen LogP contribution in [0.15, 0.2) is 34.8 Å². The fourth-order valence-corrected chi connectivity index (χ4v) is 2.39. The summed E-state index contributed by atoms with van der Waals surface area (Å²) in [6.45, 7) is 2.29. The molecule has 0 fully saturated rings. The van der Waals surface area contributed by atoms with Gasteiger partial charge in [-0.2, -0.15) is 0 Å². The summed E-state index contributed by atoms with van der Waals surface area (Å²) in [6, 6.07) is 8.84. The van der Waals surface area contributed by atoms with E-state index in [9.17, 15) is 4.39 Å².